The maximum atomic E-state index is 13.3. The van der Waals surface area contributed by atoms with Gasteiger partial charge in [0.2, 0.25) is 0 Å². The first-order chi connectivity index (χ1) is 9.91. The lowest BCUT2D eigenvalue weighted by atomic mass is 10.2. The second-order valence-electron chi connectivity index (χ2n) is 4.58. The lowest BCUT2D eigenvalue weighted by Gasteiger charge is -2.13. The van der Waals surface area contributed by atoms with Crippen molar-refractivity contribution in [3.05, 3.63) is 51.8 Å². The summed E-state index contributed by atoms with van der Waals surface area (Å²) in [6, 6.07) is 7.17. The van der Waals surface area contributed by atoms with Gasteiger partial charge in [-0.1, -0.05) is 35.0 Å². The zero-order chi connectivity index (χ0) is 15.5. The van der Waals surface area contributed by atoms with E-state index in [1.165, 1.54) is 6.20 Å². The maximum Gasteiger partial charge on any atom is 0.433 e. The number of rotatable bonds is 5. The summed E-state index contributed by atoms with van der Waals surface area (Å²) in [5.41, 5.74) is 0.232. The highest BCUT2D eigenvalue weighted by atomic mass is 79.9. The molecule has 21 heavy (non-hydrogen) atoms. The number of aromatic nitrogens is 2. The topological polar surface area (TPSA) is 29.9 Å². The third-order valence-electron chi connectivity index (χ3n) is 2.97. The Morgan fingerprint density at radius 1 is 1.33 bits per heavy atom. The Hall–Kier alpha value is -1.34. The van der Waals surface area contributed by atoms with Gasteiger partial charge in [0.15, 0.2) is 0 Å². The molecule has 1 aromatic heterocycles. The smallest absolute Gasteiger partial charge is 0.313 e. The van der Waals surface area contributed by atoms with Crippen molar-refractivity contribution in [3.8, 4) is 0 Å². The maximum absolute atomic E-state index is 13.3. The number of halogens is 4. The summed E-state index contributed by atoms with van der Waals surface area (Å²) in [6.45, 7) is 2.69. The quantitative estimate of drug-likeness (QED) is 0.877. The van der Waals surface area contributed by atoms with E-state index >= 15 is 0 Å². The molecule has 7 heteroatoms. The molecule has 1 aromatic carbocycles. The van der Waals surface area contributed by atoms with Crippen molar-refractivity contribution in [2.75, 3.05) is 6.54 Å². The van der Waals surface area contributed by atoms with Crippen LogP contribution >= 0.6 is 15.9 Å². The fourth-order valence-electron chi connectivity index (χ4n) is 2.07. The van der Waals surface area contributed by atoms with Crippen LogP contribution in [0, 0.1) is 0 Å². The minimum absolute atomic E-state index is 0.0837. The van der Waals surface area contributed by atoms with Crippen LogP contribution in [-0.4, -0.2) is 16.3 Å². The van der Waals surface area contributed by atoms with Crippen LogP contribution in [0.25, 0.3) is 0 Å². The van der Waals surface area contributed by atoms with E-state index in [9.17, 15) is 13.2 Å². The summed E-state index contributed by atoms with van der Waals surface area (Å²) in [5, 5.41) is 6.80. The molecule has 0 unspecified atom stereocenters. The molecule has 0 saturated carbocycles. The fraction of sp³-hybridized carbons (Fsp3) is 0.357. The van der Waals surface area contributed by atoms with Crippen LogP contribution < -0.4 is 5.32 Å². The lowest BCUT2D eigenvalue weighted by Crippen LogP contribution is -2.20. The first kappa shape index (κ1) is 16.0. The number of hydrogen-bond donors (Lipinski definition) is 1. The Morgan fingerprint density at radius 3 is 2.71 bits per heavy atom. The van der Waals surface area contributed by atoms with Crippen LogP contribution in [0.1, 0.15) is 23.7 Å². The summed E-state index contributed by atoms with van der Waals surface area (Å²) >= 11 is 3.31. The van der Waals surface area contributed by atoms with Gasteiger partial charge in [-0.15, -0.1) is 0 Å². The van der Waals surface area contributed by atoms with Crippen LogP contribution in [0.2, 0.25) is 0 Å². The molecule has 0 amide bonds. The molecular weight excluding hydrogens is 347 g/mol. The van der Waals surface area contributed by atoms with Crippen LogP contribution in [0.15, 0.2) is 34.9 Å². The molecular formula is C14H15BrF3N3. The number of nitrogens with one attached hydrogen (secondary N) is 1. The van der Waals surface area contributed by atoms with Gasteiger partial charge in [0.1, 0.15) is 5.69 Å². The molecule has 0 radical (unpaired) electrons. The van der Waals surface area contributed by atoms with E-state index in [1.807, 2.05) is 13.0 Å². The highest BCUT2D eigenvalue weighted by Gasteiger charge is 2.37. The Kier molecular flexibility index (Phi) is 5.05. The molecule has 0 aliphatic heterocycles. The van der Waals surface area contributed by atoms with Crippen molar-refractivity contribution < 1.29 is 13.2 Å². The predicted molar refractivity (Wildman–Crippen MR) is 77.9 cm³/mol. The van der Waals surface area contributed by atoms with Gasteiger partial charge in [0.25, 0.3) is 0 Å². The fourth-order valence-corrected chi connectivity index (χ4v) is 2.52. The molecule has 0 aliphatic rings. The van der Waals surface area contributed by atoms with Crippen LogP contribution in [0.3, 0.4) is 0 Å². The van der Waals surface area contributed by atoms with Gasteiger partial charge in [0.05, 0.1) is 12.7 Å². The Morgan fingerprint density at radius 2 is 2.10 bits per heavy atom. The number of nitrogens with zero attached hydrogens (tertiary/aromatic N) is 2. The number of benzene rings is 1. The largest absolute Gasteiger partial charge is 0.433 e. The van der Waals surface area contributed by atoms with Crippen molar-refractivity contribution in [1.29, 1.82) is 0 Å². The SMILES string of the molecule is CCNCc1cnn(Cc2cccc(Br)c2)c1C(F)(F)F. The second kappa shape index (κ2) is 6.62. The average Bonchev–Trinajstić information content (AvgIpc) is 2.79. The van der Waals surface area contributed by atoms with Gasteiger partial charge in [-0.25, -0.2) is 0 Å². The van der Waals surface area contributed by atoms with Crippen LogP contribution in [0.4, 0.5) is 13.2 Å². The molecule has 0 bridgehead atoms. The van der Waals surface area contributed by atoms with Crippen LogP contribution in [-0.2, 0) is 19.3 Å². The van der Waals surface area contributed by atoms with Crippen molar-refractivity contribution >= 4 is 15.9 Å². The highest BCUT2D eigenvalue weighted by Crippen LogP contribution is 2.32. The van der Waals surface area contributed by atoms with E-state index in [-0.39, 0.29) is 18.7 Å². The molecule has 0 spiro atoms. The van der Waals surface area contributed by atoms with Crippen molar-refractivity contribution in [1.82, 2.24) is 15.1 Å². The molecule has 0 aliphatic carbocycles. The summed E-state index contributed by atoms with van der Waals surface area (Å²) in [5.74, 6) is 0. The predicted octanol–water partition coefficient (Wildman–Crippen LogP) is 3.82. The van der Waals surface area contributed by atoms with Gasteiger partial charge in [-0.3, -0.25) is 4.68 Å². The van der Waals surface area contributed by atoms with Gasteiger partial charge < -0.3 is 5.32 Å². The summed E-state index contributed by atoms with van der Waals surface area (Å²) < 4.78 is 41.6. The van der Waals surface area contributed by atoms with Crippen molar-refractivity contribution in [2.24, 2.45) is 0 Å². The first-order valence-electron chi connectivity index (χ1n) is 6.49. The van der Waals surface area contributed by atoms with E-state index in [0.717, 1.165) is 14.7 Å². The molecule has 114 valence electrons. The molecule has 2 aromatic rings. The number of alkyl halides is 3. The molecule has 0 fully saturated rings. The summed E-state index contributed by atoms with van der Waals surface area (Å²) in [7, 11) is 0. The van der Waals surface area contributed by atoms with Gasteiger partial charge in [-0.2, -0.15) is 18.3 Å². The molecule has 0 atom stereocenters. The summed E-state index contributed by atoms with van der Waals surface area (Å²) in [4.78, 5) is 0. The monoisotopic (exact) mass is 361 g/mol. The third kappa shape index (κ3) is 4.07. The molecule has 2 rings (SSSR count). The van der Waals surface area contributed by atoms with Crippen molar-refractivity contribution in [2.45, 2.75) is 26.2 Å². The minimum Gasteiger partial charge on any atom is -0.313 e. The van der Waals surface area contributed by atoms with Gasteiger partial charge >= 0.3 is 6.18 Å². The lowest BCUT2D eigenvalue weighted by molar-refractivity contribution is -0.144. The minimum atomic E-state index is -4.42. The average molecular weight is 362 g/mol. The molecule has 0 saturated heterocycles. The van der Waals surface area contributed by atoms with E-state index in [0.29, 0.717) is 6.54 Å². The zero-order valence-corrected chi connectivity index (χ0v) is 13.0. The third-order valence-corrected chi connectivity index (χ3v) is 3.46. The van der Waals surface area contributed by atoms with E-state index in [1.54, 1.807) is 18.2 Å². The Labute approximate surface area is 129 Å². The Bertz CT molecular complexity index is 608. The first-order valence-corrected chi connectivity index (χ1v) is 7.28. The Balaban J connectivity index is 2.33. The second-order valence-corrected chi connectivity index (χ2v) is 5.50. The van der Waals surface area contributed by atoms with E-state index < -0.39 is 11.9 Å². The summed E-state index contributed by atoms with van der Waals surface area (Å²) in [6.07, 6.45) is -3.14. The van der Waals surface area contributed by atoms with Gasteiger partial charge in [0, 0.05) is 16.6 Å². The molecule has 3 nitrogen and oxygen atoms in total. The van der Waals surface area contributed by atoms with Gasteiger partial charge in [-0.05, 0) is 24.2 Å². The molecule has 1 N–H and O–H groups in total. The molecule has 1 heterocycles. The van der Waals surface area contributed by atoms with Crippen molar-refractivity contribution in [3.63, 3.8) is 0 Å². The van der Waals surface area contributed by atoms with Crippen LogP contribution in [0.5, 0.6) is 0 Å². The normalized spacial score (nSPS) is 11.9. The standard InChI is InChI=1S/C14H15BrF3N3/c1-2-19-7-11-8-20-21(13(11)14(16,17)18)9-10-4-3-5-12(15)6-10/h3-6,8,19H,2,7,9H2,1H3. The van der Waals surface area contributed by atoms with E-state index in [2.05, 4.69) is 26.3 Å². The zero-order valence-electron chi connectivity index (χ0n) is 11.4. The highest BCUT2D eigenvalue weighted by molar-refractivity contribution is 9.10. The number of hydrogen-bond acceptors (Lipinski definition) is 2. The van der Waals surface area contributed by atoms with E-state index in [4.69, 9.17) is 0 Å².